The van der Waals surface area contributed by atoms with Crippen LogP contribution >= 0.6 is 0 Å². The summed E-state index contributed by atoms with van der Waals surface area (Å²) in [5.41, 5.74) is 2.94. The summed E-state index contributed by atoms with van der Waals surface area (Å²) in [5.74, 6) is 0.784. The van der Waals surface area contributed by atoms with Crippen molar-refractivity contribution in [3.8, 4) is 11.4 Å². The van der Waals surface area contributed by atoms with Crippen LogP contribution in [0, 0.1) is 18.7 Å². The highest BCUT2D eigenvalue weighted by Gasteiger charge is 2.28. The molecule has 6 nitrogen and oxygen atoms in total. The number of amides is 1. The molecule has 1 amide bonds. The molecular formula is C24H27FN4O2. The van der Waals surface area contributed by atoms with Gasteiger partial charge in [0.2, 0.25) is 17.6 Å². The summed E-state index contributed by atoms with van der Waals surface area (Å²) in [6.07, 6.45) is 1.78. The zero-order valence-electron chi connectivity index (χ0n) is 17.8. The number of hydrogen-bond donors (Lipinski definition) is 1. The summed E-state index contributed by atoms with van der Waals surface area (Å²) < 4.78 is 18.6. The van der Waals surface area contributed by atoms with Crippen molar-refractivity contribution in [2.75, 3.05) is 13.1 Å². The van der Waals surface area contributed by atoms with E-state index in [1.807, 2.05) is 38.1 Å². The van der Waals surface area contributed by atoms with Gasteiger partial charge < -0.3 is 9.84 Å². The number of aryl methyl sites for hydroxylation is 1. The van der Waals surface area contributed by atoms with Crippen molar-refractivity contribution in [3.63, 3.8) is 0 Å². The Bertz CT molecular complexity index is 1030. The molecule has 0 aliphatic carbocycles. The van der Waals surface area contributed by atoms with E-state index in [2.05, 4.69) is 20.4 Å². The van der Waals surface area contributed by atoms with E-state index in [9.17, 15) is 9.18 Å². The molecule has 3 aromatic rings. The predicted octanol–water partition coefficient (Wildman–Crippen LogP) is 4.27. The first-order valence-electron chi connectivity index (χ1n) is 10.7. The number of rotatable bonds is 6. The number of hydrogen-bond acceptors (Lipinski definition) is 5. The van der Waals surface area contributed by atoms with Crippen molar-refractivity contribution < 1.29 is 13.7 Å². The summed E-state index contributed by atoms with van der Waals surface area (Å²) in [6.45, 7) is 5.99. The Labute approximate surface area is 181 Å². The molecule has 1 aromatic heterocycles. The van der Waals surface area contributed by atoms with Crippen molar-refractivity contribution in [1.82, 2.24) is 20.4 Å². The monoisotopic (exact) mass is 422 g/mol. The first-order chi connectivity index (χ1) is 15.0. The van der Waals surface area contributed by atoms with Crippen molar-refractivity contribution in [2.24, 2.45) is 5.92 Å². The highest BCUT2D eigenvalue weighted by molar-refractivity contribution is 5.79. The van der Waals surface area contributed by atoms with Crippen molar-refractivity contribution in [2.45, 2.75) is 39.3 Å². The number of nitrogens with one attached hydrogen (secondary N) is 1. The largest absolute Gasteiger partial charge is 0.349 e. The Morgan fingerprint density at radius 2 is 2.03 bits per heavy atom. The molecule has 1 fully saturated rings. The van der Waals surface area contributed by atoms with Crippen LogP contribution in [0.3, 0.4) is 0 Å². The normalized spacial score (nSPS) is 18.0. The molecule has 1 N–H and O–H groups in total. The van der Waals surface area contributed by atoms with Gasteiger partial charge in [0.05, 0.1) is 18.5 Å². The van der Waals surface area contributed by atoms with E-state index in [4.69, 9.17) is 4.52 Å². The maximum atomic E-state index is 13.1. The third-order valence-corrected chi connectivity index (χ3v) is 5.82. The fraction of sp³-hybridized carbons (Fsp3) is 0.375. The Kier molecular flexibility index (Phi) is 6.42. The van der Waals surface area contributed by atoms with E-state index in [0.29, 0.717) is 24.8 Å². The van der Waals surface area contributed by atoms with Crippen LogP contribution in [0.1, 0.15) is 42.8 Å². The maximum absolute atomic E-state index is 13.1. The van der Waals surface area contributed by atoms with Gasteiger partial charge in [0.25, 0.3) is 0 Å². The molecule has 2 aromatic carbocycles. The lowest BCUT2D eigenvalue weighted by Crippen LogP contribution is -2.43. The van der Waals surface area contributed by atoms with E-state index >= 15 is 0 Å². The minimum atomic E-state index is -0.281. The number of aromatic nitrogens is 2. The molecule has 1 aliphatic rings. The average Bonchev–Trinajstić information content (AvgIpc) is 3.22. The Hall–Kier alpha value is -3.06. The number of likely N-dealkylation sites (tertiary alicyclic amines) is 1. The van der Waals surface area contributed by atoms with Gasteiger partial charge in [-0.3, -0.25) is 9.69 Å². The summed E-state index contributed by atoms with van der Waals surface area (Å²) in [7, 11) is 0. The first kappa shape index (κ1) is 21.2. The van der Waals surface area contributed by atoms with Gasteiger partial charge in [-0.05, 0) is 56.5 Å². The summed E-state index contributed by atoms with van der Waals surface area (Å²) in [5, 5.41) is 7.19. The van der Waals surface area contributed by atoms with Gasteiger partial charge in [-0.1, -0.05) is 41.6 Å². The van der Waals surface area contributed by atoms with Crippen molar-refractivity contribution in [3.05, 3.63) is 71.4 Å². The highest BCUT2D eigenvalue weighted by Crippen LogP contribution is 2.23. The maximum Gasteiger partial charge on any atom is 0.241 e. The van der Waals surface area contributed by atoms with Crippen LogP contribution in [0.25, 0.3) is 11.4 Å². The number of carbonyl (C=O) groups is 1. The molecule has 1 aliphatic heterocycles. The van der Waals surface area contributed by atoms with Crippen LogP contribution in [-0.4, -0.2) is 34.0 Å². The van der Waals surface area contributed by atoms with Gasteiger partial charge in [-0.2, -0.15) is 4.98 Å². The molecule has 0 radical (unpaired) electrons. The summed E-state index contributed by atoms with van der Waals surface area (Å²) >= 11 is 0. The highest BCUT2D eigenvalue weighted by atomic mass is 19.1. The summed E-state index contributed by atoms with van der Waals surface area (Å²) in [6, 6.07) is 14.0. The molecule has 0 saturated carbocycles. The lowest BCUT2D eigenvalue weighted by Gasteiger charge is -2.31. The lowest BCUT2D eigenvalue weighted by atomic mass is 9.96. The van der Waals surface area contributed by atoms with Gasteiger partial charge in [0.1, 0.15) is 5.82 Å². The second-order valence-corrected chi connectivity index (χ2v) is 8.18. The third-order valence-electron chi connectivity index (χ3n) is 5.82. The number of halogens is 1. The van der Waals surface area contributed by atoms with Gasteiger partial charge in [0, 0.05) is 12.1 Å². The molecule has 2 heterocycles. The predicted molar refractivity (Wildman–Crippen MR) is 115 cm³/mol. The van der Waals surface area contributed by atoms with Gasteiger partial charge >= 0.3 is 0 Å². The number of carbonyl (C=O) groups excluding carboxylic acids is 1. The molecule has 4 rings (SSSR count). The van der Waals surface area contributed by atoms with Crippen molar-refractivity contribution >= 4 is 5.91 Å². The third kappa shape index (κ3) is 5.17. The second-order valence-electron chi connectivity index (χ2n) is 8.18. The Morgan fingerprint density at radius 1 is 1.26 bits per heavy atom. The fourth-order valence-electron chi connectivity index (χ4n) is 4.02. The minimum absolute atomic E-state index is 0.0210. The fourth-order valence-corrected chi connectivity index (χ4v) is 4.02. The zero-order valence-corrected chi connectivity index (χ0v) is 17.8. The molecular weight excluding hydrogens is 395 g/mol. The topological polar surface area (TPSA) is 71.3 Å². The standard InChI is InChI=1S/C24H27FN4O2/c1-16-6-3-4-8-21(16)23-27-22(31-28-23)15-29-13-5-7-19(14-29)24(30)26-17(2)18-9-11-20(25)12-10-18/h3-4,6,8-12,17,19H,5,7,13-15H2,1-2H3,(H,26,30). The summed E-state index contributed by atoms with van der Waals surface area (Å²) in [4.78, 5) is 19.5. The van der Waals surface area contributed by atoms with Crippen LogP contribution in [-0.2, 0) is 11.3 Å². The van der Waals surface area contributed by atoms with E-state index < -0.39 is 0 Å². The van der Waals surface area contributed by atoms with Gasteiger partial charge in [-0.25, -0.2) is 4.39 Å². The molecule has 31 heavy (non-hydrogen) atoms. The first-order valence-corrected chi connectivity index (χ1v) is 10.7. The van der Waals surface area contributed by atoms with E-state index in [1.165, 1.54) is 12.1 Å². The molecule has 162 valence electrons. The molecule has 7 heteroatoms. The SMILES string of the molecule is Cc1ccccc1-c1noc(CN2CCCC(C(=O)NC(C)c3ccc(F)cc3)C2)n1. The van der Waals surface area contributed by atoms with Crippen molar-refractivity contribution in [1.29, 1.82) is 0 Å². The number of benzene rings is 2. The zero-order chi connectivity index (χ0) is 21.8. The molecule has 0 spiro atoms. The minimum Gasteiger partial charge on any atom is -0.349 e. The number of nitrogens with zero attached hydrogens (tertiary/aromatic N) is 3. The molecule has 0 bridgehead atoms. The lowest BCUT2D eigenvalue weighted by molar-refractivity contribution is -0.127. The van der Waals surface area contributed by atoms with Gasteiger partial charge in [0.15, 0.2) is 0 Å². The Morgan fingerprint density at radius 3 is 2.81 bits per heavy atom. The molecule has 2 atom stereocenters. The van der Waals surface area contributed by atoms with E-state index in [1.54, 1.807) is 12.1 Å². The smallest absolute Gasteiger partial charge is 0.241 e. The van der Waals surface area contributed by atoms with Crippen LogP contribution in [0.2, 0.25) is 0 Å². The van der Waals surface area contributed by atoms with E-state index in [0.717, 1.165) is 36.1 Å². The van der Waals surface area contributed by atoms with Crippen LogP contribution in [0.5, 0.6) is 0 Å². The average molecular weight is 423 g/mol. The van der Waals surface area contributed by atoms with Crippen LogP contribution in [0.15, 0.2) is 53.1 Å². The number of piperidine rings is 1. The van der Waals surface area contributed by atoms with Crippen LogP contribution < -0.4 is 5.32 Å². The Balaban J connectivity index is 1.35. The van der Waals surface area contributed by atoms with Gasteiger partial charge in [-0.15, -0.1) is 0 Å². The molecule has 1 saturated heterocycles. The van der Waals surface area contributed by atoms with E-state index in [-0.39, 0.29) is 23.7 Å². The molecule has 2 unspecified atom stereocenters. The van der Waals surface area contributed by atoms with Crippen LogP contribution in [0.4, 0.5) is 4.39 Å². The second kappa shape index (κ2) is 9.39. The quantitative estimate of drug-likeness (QED) is 0.642.